The van der Waals surface area contributed by atoms with E-state index in [1.54, 1.807) is 11.1 Å². The summed E-state index contributed by atoms with van der Waals surface area (Å²) in [6.07, 6.45) is 3.88. The van der Waals surface area contributed by atoms with Gasteiger partial charge in [-0.3, -0.25) is 19.7 Å². The van der Waals surface area contributed by atoms with E-state index in [0.29, 0.717) is 11.4 Å². The summed E-state index contributed by atoms with van der Waals surface area (Å²) >= 11 is 0. The molecule has 0 radical (unpaired) electrons. The maximum Gasteiger partial charge on any atom is 0.336 e. The van der Waals surface area contributed by atoms with Crippen LogP contribution in [0.4, 0.5) is 5.95 Å². The normalized spacial score (nSPS) is 15.9. The predicted octanol–water partition coefficient (Wildman–Crippen LogP) is 3.12. The summed E-state index contributed by atoms with van der Waals surface area (Å²) in [5.41, 5.74) is 2.89. The quantitative estimate of drug-likeness (QED) is 0.234. The van der Waals surface area contributed by atoms with E-state index in [9.17, 15) is 19.2 Å². The van der Waals surface area contributed by atoms with Crippen molar-refractivity contribution in [3.63, 3.8) is 0 Å². The van der Waals surface area contributed by atoms with Gasteiger partial charge in [0, 0.05) is 13.5 Å². The molecular weight excluding hydrogens is 556 g/mol. The molecule has 3 aromatic rings. The molecule has 5 N–H and O–H groups in total. The number of carbonyl (C=O) groups is 4. The summed E-state index contributed by atoms with van der Waals surface area (Å²) in [5, 5.41) is 36.7. The van der Waals surface area contributed by atoms with Crippen molar-refractivity contribution in [3.05, 3.63) is 59.7 Å². The molecule has 5 rings (SSSR count). The number of aromatic nitrogens is 2. The van der Waals surface area contributed by atoms with Crippen LogP contribution in [-0.4, -0.2) is 83.9 Å². The van der Waals surface area contributed by atoms with Gasteiger partial charge in [0.25, 0.3) is 0 Å². The number of piperidine rings is 1. The topological polar surface area (TPSA) is 182 Å². The molecule has 1 aliphatic heterocycles. The molecule has 0 atom stereocenters. The van der Waals surface area contributed by atoms with Crippen molar-refractivity contribution in [1.29, 1.82) is 0 Å². The van der Waals surface area contributed by atoms with Gasteiger partial charge in [-0.1, -0.05) is 36.4 Å². The average Bonchev–Trinajstić information content (AvgIpc) is 3.47. The number of anilines is 1. The SMILES string of the molecule is CC(=O)Nc1nc2ccccc2n1CCCN1CCC2(CCc3ccccc32)CC1.O=C(O)CC(O)(CC(=O)O)C(=O)O. The molecule has 1 aliphatic carbocycles. The molecule has 2 aromatic carbocycles. The minimum absolute atomic E-state index is 0.0790. The lowest BCUT2D eigenvalue weighted by Gasteiger charge is -2.40. The summed E-state index contributed by atoms with van der Waals surface area (Å²) < 4.78 is 2.15. The monoisotopic (exact) mass is 594 g/mol. The molecule has 1 amide bonds. The summed E-state index contributed by atoms with van der Waals surface area (Å²) in [7, 11) is 0. The molecule has 2 aliphatic rings. The van der Waals surface area contributed by atoms with Crippen LogP contribution in [0.3, 0.4) is 0 Å². The van der Waals surface area contributed by atoms with Gasteiger partial charge < -0.3 is 29.9 Å². The van der Waals surface area contributed by atoms with Crippen LogP contribution in [0, 0.1) is 0 Å². The number of carboxylic acid groups (broad SMARTS) is 3. The Bertz CT molecular complexity index is 1480. The van der Waals surface area contributed by atoms with Crippen molar-refractivity contribution in [3.8, 4) is 0 Å². The van der Waals surface area contributed by atoms with E-state index in [0.717, 1.165) is 30.5 Å². The number of likely N-dealkylation sites (tertiary alicyclic amines) is 1. The molecule has 12 heteroatoms. The van der Waals surface area contributed by atoms with Crippen molar-refractivity contribution < 1.29 is 39.6 Å². The first-order valence-corrected chi connectivity index (χ1v) is 14.4. The fraction of sp³-hybridized carbons (Fsp3) is 0.452. The van der Waals surface area contributed by atoms with Gasteiger partial charge in [-0.15, -0.1) is 0 Å². The number of rotatable bonds is 10. The molecule has 0 unspecified atom stereocenters. The van der Waals surface area contributed by atoms with Crippen molar-refractivity contribution in [2.24, 2.45) is 0 Å². The first-order chi connectivity index (χ1) is 20.4. The highest BCUT2D eigenvalue weighted by molar-refractivity contribution is 5.90. The fourth-order valence-electron chi connectivity index (χ4n) is 6.21. The number of fused-ring (bicyclic) bond motifs is 3. The number of nitrogens with zero attached hydrogens (tertiary/aromatic N) is 3. The molecule has 2 heterocycles. The molecule has 1 saturated heterocycles. The highest BCUT2D eigenvalue weighted by Crippen LogP contribution is 2.46. The summed E-state index contributed by atoms with van der Waals surface area (Å²) in [5.74, 6) is -4.44. The molecule has 1 aromatic heterocycles. The van der Waals surface area contributed by atoms with Crippen LogP contribution in [0.1, 0.15) is 56.6 Å². The van der Waals surface area contributed by atoms with Crippen LogP contribution < -0.4 is 5.32 Å². The lowest BCUT2D eigenvalue weighted by Crippen LogP contribution is -2.42. The Labute approximate surface area is 249 Å². The van der Waals surface area contributed by atoms with E-state index >= 15 is 0 Å². The van der Waals surface area contributed by atoms with E-state index in [4.69, 9.17) is 20.4 Å². The molecule has 43 heavy (non-hydrogen) atoms. The van der Waals surface area contributed by atoms with Crippen molar-refractivity contribution in [2.75, 3.05) is 25.0 Å². The molecule has 12 nitrogen and oxygen atoms in total. The zero-order valence-electron chi connectivity index (χ0n) is 24.2. The number of hydrogen-bond donors (Lipinski definition) is 5. The second-order valence-electron chi connectivity index (χ2n) is 11.4. The largest absolute Gasteiger partial charge is 0.481 e. The molecule has 1 spiro atoms. The third-order valence-corrected chi connectivity index (χ3v) is 8.36. The number of hydrogen-bond acceptors (Lipinski definition) is 7. The van der Waals surface area contributed by atoms with Crippen LogP contribution in [0.15, 0.2) is 48.5 Å². The summed E-state index contributed by atoms with van der Waals surface area (Å²) in [6, 6.07) is 17.2. The fourth-order valence-corrected chi connectivity index (χ4v) is 6.21. The second kappa shape index (κ2) is 13.3. The van der Waals surface area contributed by atoms with Crippen LogP contribution in [0.5, 0.6) is 0 Å². The van der Waals surface area contributed by atoms with Gasteiger partial charge in [0.2, 0.25) is 11.9 Å². The van der Waals surface area contributed by atoms with Gasteiger partial charge >= 0.3 is 17.9 Å². The smallest absolute Gasteiger partial charge is 0.336 e. The first-order valence-electron chi connectivity index (χ1n) is 14.4. The van der Waals surface area contributed by atoms with Gasteiger partial charge in [0.05, 0.1) is 23.9 Å². The number of aliphatic carboxylic acids is 3. The number of para-hydroxylation sites is 2. The maximum atomic E-state index is 11.6. The zero-order chi connectivity index (χ0) is 31.2. The third-order valence-electron chi connectivity index (χ3n) is 8.36. The van der Waals surface area contributed by atoms with Crippen LogP contribution >= 0.6 is 0 Å². The minimum Gasteiger partial charge on any atom is -0.481 e. The van der Waals surface area contributed by atoms with Gasteiger partial charge in [-0.25, -0.2) is 9.78 Å². The van der Waals surface area contributed by atoms with Crippen LogP contribution in [0.25, 0.3) is 11.0 Å². The summed E-state index contributed by atoms with van der Waals surface area (Å²) in [6.45, 7) is 5.84. The number of imidazole rings is 1. The number of carboxylic acids is 3. The molecule has 1 fully saturated rings. The number of benzene rings is 2. The van der Waals surface area contributed by atoms with E-state index in [2.05, 4.69) is 50.1 Å². The standard InChI is InChI=1S/C25H30N4O.C6H8O7/c1-19(30)26-24-27-22-9-4-5-10-23(22)29(24)16-6-15-28-17-13-25(14-18-28)12-11-20-7-2-3-8-21(20)25;7-3(8)1-6(13,5(11)12)2-4(9)10/h2-5,7-10H,6,11-18H2,1H3,(H,26,27,30);13H,1-2H2,(H,7,8)(H,9,10)(H,11,12). The maximum absolute atomic E-state index is 11.6. The van der Waals surface area contributed by atoms with E-state index in [1.165, 1.54) is 45.7 Å². The Balaban J connectivity index is 0.000000277. The predicted molar refractivity (Wildman–Crippen MR) is 158 cm³/mol. The van der Waals surface area contributed by atoms with Crippen LogP contribution in [0.2, 0.25) is 0 Å². The Hall–Kier alpha value is -4.29. The first kappa shape index (κ1) is 31.6. The second-order valence-corrected chi connectivity index (χ2v) is 11.4. The Kier molecular flexibility index (Phi) is 9.82. The Morgan fingerprint density at radius 3 is 2.16 bits per heavy atom. The Morgan fingerprint density at radius 1 is 0.907 bits per heavy atom. The van der Waals surface area contributed by atoms with Crippen molar-refractivity contribution >= 4 is 40.8 Å². The number of carbonyl (C=O) groups excluding carboxylic acids is 1. The third kappa shape index (κ3) is 7.57. The molecule has 0 saturated carbocycles. The van der Waals surface area contributed by atoms with E-state index in [1.807, 2.05) is 18.2 Å². The number of aryl methyl sites for hydroxylation is 2. The lowest BCUT2D eigenvalue weighted by atomic mass is 9.74. The molecule has 0 bridgehead atoms. The molecular formula is C31H38N4O8. The van der Waals surface area contributed by atoms with Gasteiger partial charge in [-0.05, 0) is 80.4 Å². The van der Waals surface area contributed by atoms with Gasteiger partial charge in [-0.2, -0.15) is 0 Å². The summed E-state index contributed by atoms with van der Waals surface area (Å²) in [4.78, 5) is 49.3. The highest BCUT2D eigenvalue weighted by Gasteiger charge is 2.41. The Morgan fingerprint density at radius 2 is 1.53 bits per heavy atom. The van der Waals surface area contributed by atoms with Crippen molar-refractivity contribution in [2.45, 2.75) is 69.4 Å². The minimum atomic E-state index is -2.74. The van der Waals surface area contributed by atoms with E-state index in [-0.39, 0.29) is 5.91 Å². The number of amides is 1. The highest BCUT2D eigenvalue weighted by atomic mass is 16.4. The molecule has 230 valence electrons. The van der Waals surface area contributed by atoms with Gasteiger partial charge in [0.1, 0.15) is 0 Å². The number of nitrogens with one attached hydrogen (secondary N) is 1. The zero-order valence-corrected chi connectivity index (χ0v) is 24.2. The average molecular weight is 595 g/mol. The lowest BCUT2D eigenvalue weighted by molar-refractivity contribution is -0.170. The van der Waals surface area contributed by atoms with Crippen LogP contribution in [-0.2, 0) is 37.6 Å². The van der Waals surface area contributed by atoms with E-state index < -0.39 is 36.4 Å². The number of aliphatic hydroxyl groups is 1. The van der Waals surface area contributed by atoms with Crippen molar-refractivity contribution in [1.82, 2.24) is 14.5 Å². The van der Waals surface area contributed by atoms with Gasteiger partial charge in [0.15, 0.2) is 5.60 Å².